The number of benzene rings is 1. The van der Waals surface area contributed by atoms with Gasteiger partial charge < -0.3 is 5.73 Å². The minimum absolute atomic E-state index is 0.0901. The number of hydrogen-bond acceptors (Lipinski definition) is 3. The lowest BCUT2D eigenvalue weighted by Crippen LogP contribution is -2.49. The molecule has 0 radical (unpaired) electrons. The fourth-order valence-corrected chi connectivity index (χ4v) is 2.97. The van der Waals surface area contributed by atoms with Gasteiger partial charge in [-0.05, 0) is 25.8 Å². The summed E-state index contributed by atoms with van der Waals surface area (Å²) >= 11 is 0. The van der Waals surface area contributed by atoms with Crippen molar-refractivity contribution in [3.8, 4) is 0 Å². The molecule has 0 aliphatic carbocycles. The van der Waals surface area contributed by atoms with Crippen LogP contribution in [0.5, 0.6) is 0 Å². The Morgan fingerprint density at radius 1 is 1.26 bits per heavy atom. The molecule has 1 aromatic carbocycles. The van der Waals surface area contributed by atoms with Gasteiger partial charge in [0.2, 0.25) is 0 Å². The quantitative estimate of drug-likeness (QED) is 0.775. The van der Waals surface area contributed by atoms with Crippen molar-refractivity contribution >= 4 is 10.2 Å². The molecule has 0 amide bonds. The normalized spacial score (nSPS) is 14.0. The standard InChI is InChI=1S/C13H23N3O2S/c1-11(2)16(3)19(17,18)15-13(10-14)9-12-7-5-4-6-8-12/h4-8,11,13,15H,9-10,14H2,1-3H3. The van der Waals surface area contributed by atoms with Crippen LogP contribution in [0.25, 0.3) is 0 Å². The molecule has 0 bridgehead atoms. The Balaban J connectivity index is 2.72. The molecule has 0 aliphatic rings. The van der Waals surface area contributed by atoms with Crippen molar-refractivity contribution in [2.75, 3.05) is 13.6 Å². The lowest BCUT2D eigenvalue weighted by molar-refractivity contribution is 0.395. The van der Waals surface area contributed by atoms with Crippen molar-refractivity contribution < 1.29 is 8.42 Å². The molecular formula is C13H23N3O2S. The summed E-state index contributed by atoms with van der Waals surface area (Å²) in [6.45, 7) is 3.92. The molecule has 1 aromatic rings. The van der Waals surface area contributed by atoms with Gasteiger partial charge in [0.15, 0.2) is 0 Å². The van der Waals surface area contributed by atoms with Gasteiger partial charge in [0.25, 0.3) is 10.2 Å². The Bertz CT molecular complexity index is 474. The van der Waals surface area contributed by atoms with E-state index in [1.165, 1.54) is 4.31 Å². The van der Waals surface area contributed by atoms with Gasteiger partial charge in [-0.3, -0.25) is 0 Å². The van der Waals surface area contributed by atoms with Gasteiger partial charge in [0.05, 0.1) is 0 Å². The van der Waals surface area contributed by atoms with E-state index in [9.17, 15) is 8.42 Å². The average Bonchev–Trinajstić information content (AvgIpc) is 2.37. The van der Waals surface area contributed by atoms with E-state index >= 15 is 0 Å². The highest BCUT2D eigenvalue weighted by Gasteiger charge is 2.23. The Hall–Kier alpha value is -0.950. The Labute approximate surface area is 116 Å². The summed E-state index contributed by atoms with van der Waals surface area (Å²) in [4.78, 5) is 0. The molecule has 0 fully saturated rings. The molecule has 19 heavy (non-hydrogen) atoms. The summed E-state index contributed by atoms with van der Waals surface area (Å²) < 4.78 is 28.1. The maximum atomic E-state index is 12.1. The van der Waals surface area contributed by atoms with Gasteiger partial charge in [0.1, 0.15) is 0 Å². The zero-order chi connectivity index (χ0) is 14.5. The molecule has 0 aromatic heterocycles. The predicted molar refractivity (Wildman–Crippen MR) is 77.9 cm³/mol. The third-order valence-corrected chi connectivity index (χ3v) is 4.84. The highest BCUT2D eigenvalue weighted by molar-refractivity contribution is 7.87. The van der Waals surface area contributed by atoms with Crippen LogP contribution in [-0.2, 0) is 16.6 Å². The molecule has 0 spiro atoms. The van der Waals surface area contributed by atoms with E-state index in [1.807, 2.05) is 44.2 Å². The van der Waals surface area contributed by atoms with E-state index in [4.69, 9.17) is 5.73 Å². The van der Waals surface area contributed by atoms with E-state index in [2.05, 4.69) is 4.72 Å². The lowest BCUT2D eigenvalue weighted by Gasteiger charge is -2.25. The number of nitrogens with one attached hydrogen (secondary N) is 1. The van der Waals surface area contributed by atoms with Crippen molar-refractivity contribution in [2.24, 2.45) is 5.73 Å². The molecule has 0 saturated carbocycles. The lowest BCUT2D eigenvalue weighted by atomic mass is 10.1. The number of nitrogens with two attached hydrogens (primary N) is 1. The monoisotopic (exact) mass is 285 g/mol. The number of nitrogens with zero attached hydrogens (tertiary/aromatic N) is 1. The zero-order valence-corrected chi connectivity index (χ0v) is 12.5. The highest BCUT2D eigenvalue weighted by atomic mass is 32.2. The van der Waals surface area contributed by atoms with Gasteiger partial charge in [-0.1, -0.05) is 30.3 Å². The molecule has 3 N–H and O–H groups in total. The van der Waals surface area contributed by atoms with Crippen LogP contribution in [0.2, 0.25) is 0 Å². The topological polar surface area (TPSA) is 75.4 Å². The second kappa shape index (κ2) is 7.00. The fraction of sp³-hybridized carbons (Fsp3) is 0.538. The molecule has 108 valence electrons. The number of rotatable bonds is 7. The van der Waals surface area contributed by atoms with Crippen molar-refractivity contribution in [3.63, 3.8) is 0 Å². The summed E-state index contributed by atoms with van der Waals surface area (Å²) in [7, 11) is -1.93. The van der Waals surface area contributed by atoms with Crippen molar-refractivity contribution in [1.82, 2.24) is 9.03 Å². The average molecular weight is 285 g/mol. The molecule has 1 unspecified atom stereocenters. The summed E-state index contributed by atoms with van der Waals surface area (Å²) in [5, 5.41) is 0. The first kappa shape index (κ1) is 16.1. The van der Waals surface area contributed by atoms with Crippen LogP contribution in [0.4, 0.5) is 0 Å². The van der Waals surface area contributed by atoms with Crippen LogP contribution in [0, 0.1) is 0 Å². The van der Waals surface area contributed by atoms with Crippen LogP contribution >= 0.6 is 0 Å². The summed E-state index contributed by atoms with van der Waals surface area (Å²) in [5.41, 5.74) is 6.72. The largest absolute Gasteiger partial charge is 0.329 e. The Morgan fingerprint density at radius 3 is 2.32 bits per heavy atom. The minimum Gasteiger partial charge on any atom is -0.329 e. The van der Waals surface area contributed by atoms with Crippen molar-refractivity contribution in [2.45, 2.75) is 32.4 Å². The van der Waals surface area contributed by atoms with Crippen LogP contribution < -0.4 is 10.5 Å². The van der Waals surface area contributed by atoms with E-state index in [1.54, 1.807) is 7.05 Å². The smallest absolute Gasteiger partial charge is 0.279 e. The summed E-state index contributed by atoms with van der Waals surface area (Å²) in [6, 6.07) is 9.32. The van der Waals surface area contributed by atoms with Crippen LogP contribution in [0.15, 0.2) is 30.3 Å². The third kappa shape index (κ3) is 4.91. The first-order valence-corrected chi connectivity index (χ1v) is 7.80. The van der Waals surface area contributed by atoms with Crippen LogP contribution in [-0.4, -0.2) is 38.4 Å². The molecule has 6 heteroatoms. The molecule has 1 atom stereocenters. The van der Waals surface area contributed by atoms with E-state index in [-0.39, 0.29) is 18.6 Å². The van der Waals surface area contributed by atoms with Gasteiger partial charge in [-0.15, -0.1) is 0 Å². The van der Waals surface area contributed by atoms with Gasteiger partial charge >= 0.3 is 0 Å². The van der Waals surface area contributed by atoms with E-state index < -0.39 is 10.2 Å². The fourth-order valence-electron chi connectivity index (χ4n) is 1.64. The SMILES string of the molecule is CC(C)N(C)S(=O)(=O)NC(CN)Cc1ccccc1. The first-order valence-electron chi connectivity index (χ1n) is 6.36. The molecule has 5 nitrogen and oxygen atoms in total. The molecule has 0 saturated heterocycles. The molecular weight excluding hydrogens is 262 g/mol. The molecule has 0 heterocycles. The summed E-state index contributed by atoms with van der Waals surface area (Å²) in [6.07, 6.45) is 0.586. The maximum absolute atomic E-state index is 12.1. The Kier molecular flexibility index (Phi) is 5.93. The van der Waals surface area contributed by atoms with Crippen LogP contribution in [0.3, 0.4) is 0 Å². The second-order valence-corrected chi connectivity index (χ2v) is 6.62. The van der Waals surface area contributed by atoms with Gasteiger partial charge in [0, 0.05) is 25.7 Å². The zero-order valence-electron chi connectivity index (χ0n) is 11.7. The third-order valence-electron chi connectivity index (χ3n) is 3.03. The van der Waals surface area contributed by atoms with Crippen molar-refractivity contribution in [3.05, 3.63) is 35.9 Å². The molecule has 0 aliphatic heterocycles. The van der Waals surface area contributed by atoms with Gasteiger partial charge in [-0.25, -0.2) is 0 Å². The number of hydrogen-bond donors (Lipinski definition) is 2. The van der Waals surface area contributed by atoms with Crippen LogP contribution in [0.1, 0.15) is 19.4 Å². The van der Waals surface area contributed by atoms with E-state index in [0.29, 0.717) is 6.42 Å². The summed E-state index contributed by atoms with van der Waals surface area (Å²) in [5.74, 6) is 0. The minimum atomic E-state index is -3.49. The molecule has 1 rings (SSSR count). The Morgan fingerprint density at radius 2 is 1.84 bits per heavy atom. The van der Waals surface area contributed by atoms with Gasteiger partial charge in [-0.2, -0.15) is 17.4 Å². The second-order valence-electron chi connectivity index (χ2n) is 4.86. The maximum Gasteiger partial charge on any atom is 0.279 e. The van der Waals surface area contributed by atoms with E-state index in [0.717, 1.165) is 5.56 Å². The van der Waals surface area contributed by atoms with Crippen molar-refractivity contribution in [1.29, 1.82) is 0 Å². The predicted octanol–water partition coefficient (Wildman–Crippen LogP) is 0.731. The first-order chi connectivity index (χ1) is 8.86. The highest BCUT2D eigenvalue weighted by Crippen LogP contribution is 2.06.